The molecule has 1 aromatic rings. The van der Waals surface area contributed by atoms with Crippen molar-refractivity contribution in [3.05, 3.63) is 29.8 Å². The third kappa shape index (κ3) is 3.23. The first-order chi connectivity index (χ1) is 8.66. The molecule has 1 atom stereocenters. The molecule has 0 saturated carbocycles. The molecule has 1 aliphatic heterocycles. The fourth-order valence-electron chi connectivity index (χ4n) is 2.07. The van der Waals surface area contributed by atoms with E-state index in [4.69, 9.17) is 4.74 Å². The Hall–Kier alpha value is -1.55. The molecule has 0 bridgehead atoms. The molecule has 1 amide bonds. The van der Waals surface area contributed by atoms with Gasteiger partial charge in [0.1, 0.15) is 5.75 Å². The van der Waals surface area contributed by atoms with Crippen molar-refractivity contribution < 1.29 is 9.53 Å². The van der Waals surface area contributed by atoms with E-state index in [0.717, 1.165) is 25.4 Å². The van der Waals surface area contributed by atoms with Crippen LogP contribution in [0.15, 0.2) is 24.3 Å². The highest BCUT2D eigenvalue weighted by Crippen LogP contribution is 2.12. The van der Waals surface area contributed by atoms with E-state index in [0.29, 0.717) is 0 Å². The number of hydrogen-bond acceptors (Lipinski definition) is 3. The summed E-state index contributed by atoms with van der Waals surface area (Å²) < 4.78 is 5.51. The largest absolute Gasteiger partial charge is 0.484 e. The standard InChI is InChI=1S/C14H20N2O2/c1-11-3-5-13(6-4-11)18-10-14(17)16-8-7-15-9-12(16)2/h3-6,12,15H,7-10H2,1-2H3. The molecule has 4 heteroatoms. The van der Waals surface area contributed by atoms with E-state index < -0.39 is 0 Å². The molecule has 1 N–H and O–H groups in total. The zero-order valence-corrected chi connectivity index (χ0v) is 11.0. The van der Waals surface area contributed by atoms with Crippen LogP contribution in [0.25, 0.3) is 0 Å². The van der Waals surface area contributed by atoms with Gasteiger partial charge in [0.15, 0.2) is 6.61 Å². The Morgan fingerprint density at radius 1 is 1.44 bits per heavy atom. The summed E-state index contributed by atoms with van der Waals surface area (Å²) in [6, 6.07) is 7.99. The van der Waals surface area contributed by atoms with E-state index in [1.807, 2.05) is 36.1 Å². The van der Waals surface area contributed by atoms with Crippen molar-refractivity contribution in [2.24, 2.45) is 0 Å². The van der Waals surface area contributed by atoms with Crippen LogP contribution in [0.2, 0.25) is 0 Å². The van der Waals surface area contributed by atoms with Crippen LogP contribution < -0.4 is 10.1 Å². The molecule has 1 unspecified atom stereocenters. The van der Waals surface area contributed by atoms with E-state index in [2.05, 4.69) is 12.2 Å². The molecule has 1 heterocycles. The van der Waals surface area contributed by atoms with Crippen molar-refractivity contribution in [1.29, 1.82) is 0 Å². The second-order valence-corrected chi connectivity index (χ2v) is 4.74. The van der Waals surface area contributed by atoms with Crippen molar-refractivity contribution in [3.63, 3.8) is 0 Å². The van der Waals surface area contributed by atoms with Crippen LogP contribution in [-0.2, 0) is 4.79 Å². The molecule has 1 fully saturated rings. The van der Waals surface area contributed by atoms with Gasteiger partial charge in [0.2, 0.25) is 0 Å². The summed E-state index contributed by atoms with van der Waals surface area (Å²) in [6.07, 6.45) is 0. The Bertz CT molecular complexity index is 403. The summed E-state index contributed by atoms with van der Waals surface area (Å²) in [5.74, 6) is 0.807. The van der Waals surface area contributed by atoms with Gasteiger partial charge in [-0.2, -0.15) is 0 Å². The molecule has 0 spiro atoms. The number of hydrogen-bond donors (Lipinski definition) is 1. The lowest BCUT2D eigenvalue weighted by Gasteiger charge is -2.33. The predicted molar refractivity (Wildman–Crippen MR) is 70.7 cm³/mol. The molecular formula is C14H20N2O2. The highest BCUT2D eigenvalue weighted by atomic mass is 16.5. The number of ether oxygens (including phenoxy) is 1. The van der Waals surface area contributed by atoms with Gasteiger partial charge in [-0.05, 0) is 26.0 Å². The first-order valence-corrected chi connectivity index (χ1v) is 6.36. The monoisotopic (exact) mass is 248 g/mol. The Morgan fingerprint density at radius 3 is 2.83 bits per heavy atom. The van der Waals surface area contributed by atoms with Gasteiger partial charge in [-0.15, -0.1) is 0 Å². The van der Waals surface area contributed by atoms with Crippen LogP contribution in [0.1, 0.15) is 12.5 Å². The predicted octanol–water partition coefficient (Wildman–Crippen LogP) is 1.19. The number of aryl methyl sites for hydroxylation is 1. The molecular weight excluding hydrogens is 228 g/mol. The van der Waals surface area contributed by atoms with Crippen molar-refractivity contribution in [2.45, 2.75) is 19.9 Å². The van der Waals surface area contributed by atoms with Gasteiger partial charge in [-0.25, -0.2) is 0 Å². The van der Waals surface area contributed by atoms with Crippen LogP contribution in [0, 0.1) is 6.92 Å². The first-order valence-electron chi connectivity index (χ1n) is 6.36. The highest BCUT2D eigenvalue weighted by Gasteiger charge is 2.22. The lowest BCUT2D eigenvalue weighted by Crippen LogP contribution is -2.53. The molecule has 2 rings (SSSR count). The first kappa shape index (κ1) is 12.9. The van der Waals surface area contributed by atoms with Gasteiger partial charge < -0.3 is 15.0 Å². The fraction of sp³-hybridized carbons (Fsp3) is 0.500. The lowest BCUT2D eigenvalue weighted by atomic mass is 10.2. The van der Waals surface area contributed by atoms with Crippen molar-refractivity contribution in [2.75, 3.05) is 26.2 Å². The van der Waals surface area contributed by atoms with Crippen LogP contribution in [0.3, 0.4) is 0 Å². The minimum Gasteiger partial charge on any atom is -0.484 e. The molecule has 1 saturated heterocycles. The number of nitrogens with one attached hydrogen (secondary N) is 1. The zero-order valence-electron chi connectivity index (χ0n) is 11.0. The summed E-state index contributed by atoms with van der Waals surface area (Å²) in [5, 5.41) is 3.26. The average molecular weight is 248 g/mol. The number of piperazine rings is 1. The highest BCUT2D eigenvalue weighted by molar-refractivity contribution is 5.78. The van der Waals surface area contributed by atoms with E-state index in [9.17, 15) is 4.79 Å². The minimum absolute atomic E-state index is 0.0598. The van der Waals surface area contributed by atoms with Gasteiger partial charge in [0.05, 0.1) is 0 Å². The molecule has 18 heavy (non-hydrogen) atoms. The van der Waals surface area contributed by atoms with E-state index in [-0.39, 0.29) is 18.6 Å². The van der Waals surface area contributed by atoms with E-state index >= 15 is 0 Å². The van der Waals surface area contributed by atoms with Crippen molar-refractivity contribution in [1.82, 2.24) is 10.2 Å². The second-order valence-electron chi connectivity index (χ2n) is 4.74. The number of amides is 1. The quantitative estimate of drug-likeness (QED) is 0.873. The van der Waals surface area contributed by atoms with Gasteiger partial charge in [-0.3, -0.25) is 4.79 Å². The third-order valence-corrected chi connectivity index (χ3v) is 3.20. The minimum atomic E-state index is 0.0598. The Balaban J connectivity index is 1.85. The zero-order chi connectivity index (χ0) is 13.0. The summed E-state index contributed by atoms with van der Waals surface area (Å²) in [4.78, 5) is 13.9. The summed E-state index contributed by atoms with van der Waals surface area (Å²) in [7, 11) is 0. The van der Waals surface area contributed by atoms with Crippen LogP contribution in [-0.4, -0.2) is 43.1 Å². The van der Waals surface area contributed by atoms with Crippen LogP contribution in [0.4, 0.5) is 0 Å². The summed E-state index contributed by atoms with van der Waals surface area (Å²) in [5.41, 5.74) is 1.18. The molecule has 1 aromatic carbocycles. The summed E-state index contributed by atoms with van der Waals surface area (Å²) >= 11 is 0. The number of carbonyl (C=O) groups is 1. The molecule has 98 valence electrons. The second kappa shape index (κ2) is 5.87. The average Bonchev–Trinajstić information content (AvgIpc) is 2.38. The van der Waals surface area contributed by atoms with Gasteiger partial charge in [0.25, 0.3) is 5.91 Å². The number of nitrogens with zero attached hydrogens (tertiary/aromatic N) is 1. The van der Waals surface area contributed by atoms with Gasteiger partial charge in [0, 0.05) is 25.7 Å². The van der Waals surface area contributed by atoms with Crippen LogP contribution in [0.5, 0.6) is 5.75 Å². The molecule has 0 aromatic heterocycles. The Labute approximate surface area is 108 Å². The third-order valence-electron chi connectivity index (χ3n) is 3.20. The number of rotatable bonds is 3. The molecule has 4 nitrogen and oxygen atoms in total. The topological polar surface area (TPSA) is 41.6 Å². The summed E-state index contributed by atoms with van der Waals surface area (Å²) in [6.45, 7) is 6.68. The lowest BCUT2D eigenvalue weighted by molar-refractivity contribution is -0.136. The number of carbonyl (C=O) groups excluding carboxylic acids is 1. The van der Waals surface area contributed by atoms with Crippen LogP contribution >= 0.6 is 0 Å². The molecule has 0 radical (unpaired) electrons. The maximum Gasteiger partial charge on any atom is 0.260 e. The smallest absolute Gasteiger partial charge is 0.260 e. The van der Waals surface area contributed by atoms with Gasteiger partial charge >= 0.3 is 0 Å². The van der Waals surface area contributed by atoms with Crippen molar-refractivity contribution in [3.8, 4) is 5.75 Å². The molecule has 0 aliphatic carbocycles. The maximum absolute atomic E-state index is 12.0. The molecule has 1 aliphatic rings. The van der Waals surface area contributed by atoms with E-state index in [1.54, 1.807) is 0 Å². The van der Waals surface area contributed by atoms with Crippen molar-refractivity contribution >= 4 is 5.91 Å². The normalized spacial score (nSPS) is 19.7. The Kier molecular flexibility index (Phi) is 4.20. The van der Waals surface area contributed by atoms with E-state index in [1.165, 1.54) is 5.56 Å². The number of benzene rings is 1. The van der Waals surface area contributed by atoms with Gasteiger partial charge in [-0.1, -0.05) is 17.7 Å². The Morgan fingerprint density at radius 2 is 2.17 bits per heavy atom. The SMILES string of the molecule is Cc1ccc(OCC(=O)N2CCNCC2C)cc1. The maximum atomic E-state index is 12.0. The fourth-order valence-corrected chi connectivity index (χ4v) is 2.07.